The van der Waals surface area contributed by atoms with Gasteiger partial charge in [0.25, 0.3) is 0 Å². The number of carbonyl (C=O) groups is 1. The first-order chi connectivity index (χ1) is 9.56. The molecule has 2 fully saturated rings. The number of hydrogen-bond acceptors (Lipinski definition) is 2. The average molecular weight is 313 g/mol. The Morgan fingerprint density at radius 3 is 2.30 bits per heavy atom. The molecule has 1 unspecified atom stereocenters. The molecule has 1 heterocycles. The largest absolute Gasteiger partial charge is 0.372 e. The van der Waals surface area contributed by atoms with E-state index in [0.717, 1.165) is 18.8 Å². The van der Waals surface area contributed by atoms with Gasteiger partial charge >= 0.3 is 0 Å². The molecule has 0 aromatic heterocycles. The Morgan fingerprint density at radius 1 is 1.15 bits per heavy atom. The Hall–Kier alpha value is -0.930. The summed E-state index contributed by atoms with van der Waals surface area (Å²) in [5, 5.41) is 2.86. The minimum Gasteiger partial charge on any atom is -0.372 e. The summed E-state index contributed by atoms with van der Waals surface area (Å²) in [5.41, 5.74) is 2.02. The second-order valence-corrected chi connectivity index (χ2v) is 7.14. The maximum atomic E-state index is 11.9. The highest BCUT2D eigenvalue weighted by atomic mass is 35.5. The van der Waals surface area contributed by atoms with Crippen LogP contribution in [0.3, 0.4) is 0 Å². The molecule has 1 saturated heterocycles. The molecule has 3 rings (SSSR count). The molecule has 1 atom stereocenters. The maximum Gasteiger partial charge on any atom is 0.230 e. The van der Waals surface area contributed by atoms with Crippen LogP contribution in [0.1, 0.15) is 25.7 Å². The summed E-state index contributed by atoms with van der Waals surface area (Å²) in [6.45, 7) is 2.24. The van der Waals surface area contributed by atoms with E-state index >= 15 is 0 Å². The number of halogens is 2. The van der Waals surface area contributed by atoms with Gasteiger partial charge < -0.3 is 10.2 Å². The Balaban J connectivity index is 1.60. The normalized spacial score (nSPS) is 24.3. The fraction of sp³-hybridized carbons (Fsp3) is 0.533. The maximum absolute atomic E-state index is 11.9. The van der Waals surface area contributed by atoms with Crippen LogP contribution in [0.15, 0.2) is 24.3 Å². The lowest BCUT2D eigenvalue weighted by Crippen LogP contribution is -2.29. The fourth-order valence-corrected chi connectivity index (χ4v) is 3.14. The van der Waals surface area contributed by atoms with Crippen molar-refractivity contribution < 1.29 is 4.79 Å². The van der Waals surface area contributed by atoms with Gasteiger partial charge in [0.15, 0.2) is 0 Å². The second kappa shape index (κ2) is 5.45. The summed E-state index contributed by atoms with van der Waals surface area (Å²) in [5.74, 6) is -0.381. The van der Waals surface area contributed by atoms with Crippen molar-refractivity contribution in [1.29, 1.82) is 0 Å². The summed E-state index contributed by atoms with van der Waals surface area (Å²) in [7, 11) is 0. The van der Waals surface area contributed by atoms with Gasteiger partial charge in [0, 0.05) is 24.5 Å². The van der Waals surface area contributed by atoms with Crippen LogP contribution in [0.2, 0.25) is 0 Å². The molecule has 3 nitrogen and oxygen atoms in total. The van der Waals surface area contributed by atoms with Gasteiger partial charge in [-0.1, -0.05) is 0 Å². The number of piperidine rings is 1. The number of anilines is 2. The van der Waals surface area contributed by atoms with Crippen molar-refractivity contribution >= 4 is 40.5 Å². The minimum absolute atomic E-state index is 0.0966. The molecule has 1 aliphatic carbocycles. The Morgan fingerprint density at radius 2 is 1.75 bits per heavy atom. The number of rotatable bonds is 3. The SMILES string of the molecule is O=C(Nc1ccc(N2CCCCC2)cc1)C1CC1(Cl)Cl. The van der Waals surface area contributed by atoms with E-state index < -0.39 is 4.33 Å². The number of benzene rings is 1. The zero-order chi connectivity index (χ0) is 14.2. The Kier molecular flexibility index (Phi) is 3.83. The van der Waals surface area contributed by atoms with E-state index in [2.05, 4.69) is 22.3 Å². The smallest absolute Gasteiger partial charge is 0.230 e. The molecule has 1 N–H and O–H groups in total. The quantitative estimate of drug-likeness (QED) is 0.861. The first-order valence-electron chi connectivity index (χ1n) is 7.10. The van der Waals surface area contributed by atoms with Crippen molar-refractivity contribution in [1.82, 2.24) is 0 Å². The molecule has 108 valence electrons. The lowest BCUT2D eigenvalue weighted by Gasteiger charge is -2.28. The van der Waals surface area contributed by atoms with Crippen molar-refractivity contribution in [3.05, 3.63) is 24.3 Å². The number of carbonyl (C=O) groups excluding carboxylic acids is 1. The molecule has 0 bridgehead atoms. The topological polar surface area (TPSA) is 32.3 Å². The van der Waals surface area contributed by atoms with Crippen LogP contribution in [0.4, 0.5) is 11.4 Å². The molecule has 0 spiro atoms. The average Bonchev–Trinajstić information content (AvgIpc) is 3.10. The Labute approximate surface area is 129 Å². The Bertz CT molecular complexity index is 495. The van der Waals surface area contributed by atoms with Crippen molar-refractivity contribution in [2.45, 2.75) is 30.0 Å². The number of hydrogen-bond donors (Lipinski definition) is 1. The van der Waals surface area contributed by atoms with E-state index in [-0.39, 0.29) is 11.8 Å². The van der Waals surface area contributed by atoms with E-state index in [1.807, 2.05) is 12.1 Å². The monoisotopic (exact) mass is 312 g/mol. The molecular weight excluding hydrogens is 295 g/mol. The van der Waals surface area contributed by atoms with Crippen molar-refractivity contribution in [3.8, 4) is 0 Å². The highest BCUT2D eigenvalue weighted by Crippen LogP contribution is 2.53. The molecule has 1 saturated carbocycles. The van der Waals surface area contributed by atoms with Crippen LogP contribution in [0, 0.1) is 5.92 Å². The lowest BCUT2D eigenvalue weighted by atomic mass is 10.1. The van der Waals surface area contributed by atoms with E-state index in [9.17, 15) is 4.79 Å². The lowest BCUT2D eigenvalue weighted by molar-refractivity contribution is -0.117. The first-order valence-corrected chi connectivity index (χ1v) is 7.85. The minimum atomic E-state index is -0.863. The van der Waals surface area contributed by atoms with E-state index in [1.54, 1.807) is 0 Å². The third-order valence-corrected chi connectivity index (χ3v) is 4.83. The van der Waals surface area contributed by atoms with Gasteiger partial charge in [0.05, 0.1) is 5.92 Å². The van der Waals surface area contributed by atoms with Crippen LogP contribution in [-0.4, -0.2) is 23.3 Å². The van der Waals surface area contributed by atoms with Gasteiger partial charge in [0.1, 0.15) is 4.33 Å². The van der Waals surface area contributed by atoms with Crippen LogP contribution in [-0.2, 0) is 4.79 Å². The predicted octanol–water partition coefficient (Wildman–Crippen LogP) is 3.81. The molecule has 1 aliphatic heterocycles. The van der Waals surface area contributed by atoms with E-state index in [0.29, 0.717) is 6.42 Å². The molecule has 2 aliphatic rings. The molecule has 0 radical (unpaired) electrons. The summed E-state index contributed by atoms with van der Waals surface area (Å²) in [6, 6.07) is 7.99. The van der Waals surface area contributed by atoms with Crippen LogP contribution in [0.5, 0.6) is 0 Å². The first kappa shape index (κ1) is 14.0. The standard InChI is InChI=1S/C15H18Cl2N2O/c16-15(17)10-13(15)14(20)18-11-4-6-12(7-5-11)19-8-2-1-3-9-19/h4-7,13H,1-3,8-10H2,(H,18,20). The van der Waals surface area contributed by atoms with Gasteiger partial charge in [0.2, 0.25) is 5.91 Å². The highest BCUT2D eigenvalue weighted by molar-refractivity contribution is 6.52. The van der Waals surface area contributed by atoms with Gasteiger partial charge in [-0.2, -0.15) is 0 Å². The van der Waals surface area contributed by atoms with E-state index in [4.69, 9.17) is 23.2 Å². The number of amides is 1. The number of alkyl halides is 2. The van der Waals surface area contributed by atoms with Crippen molar-refractivity contribution in [2.75, 3.05) is 23.3 Å². The molecule has 1 aromatic carbocycles. The van der Waals surface area contributed by atoms with Crippen LogP contribution < -0.4 is 10.2 Å². The highest BCUT2D eigenvalue weighted by Gasteiger charge is 2.56. The number of nitrogens with one attached hydrogen (secondary N) is 1. The summed E-state index contributed by atoms with van der Waals surface area (Å²) in [4.78, 5) is 14.3. The van der Waals surface area contributed by atoms with Crippen molar-refractivity contribution in [3.63, 3.8) is 0 Å². The molecule has 1 amide bonds. The zero-order valence-corrected chi connectivity index (χ0v) is 12.8. The molecular formula is C15H18Cl2N2O. The third kappa shape index (κ3) is 3.04. The van der Waals surface area contributed by atoms with Crippen LogP contribution in [0.25, 0.3) is 0 Å². The summed E-state index contributed by atoms with van der Waals surface area (Å²) < 4.78 is -0.863. The summed E-state index contributed by atoms with van der Waals surface area (Å²) in [6.07, 6.45) is 4.37. The predicted molar refractivity (Wildman–Crippen MR) is 83.7 cm³/mol. The van der Waals surface area contributed by atoms with Gasteiger partial charge in [-0.3, -0.25) is 4.79 Å². The zero-order valence-electron chi connectivity index (χ0n) is 11.2. The fourth-order valence-electron chi connectivity index (χ4n) is 2.63. The number of nitrogens with zero attached hydrogens (tertiary/aromatic N) is 1. The van der Waals surface area contributed by atoms with Gasteiger partial charge in [-0.15, -0.1) is 23.2 Å². The van der Waals surface area contributed by atoms with Crippen LogP contribution >= 0.6 is 23.2 Å². The molecule has 5 heteroatoms. The van der Waals surface area contributed by atoms with Gasteiger partial charge in [-0.05, 0) is 49.9 Å². The second-order valence-electron chi connectivity index (χ2n) is 5.60. The van der Waals surface area contributed by atoms with Crippen molar-refractivity contribution in [2.24, 2.45) is 5.92 Å². The summed E-state index contributed by atoms with van der Waals surface area (Å²) >= 11 is 11.8. The molecule has 1 aromatic rings. The van der Waals surface area contributed by atoms with Gasteiger partial charge in [-0.25, -0.2) is 0 Å². The molecule has 20 heavy (non-hydrogen) atoms. The van der Waals surface area contributed by atoms with E-state index in [1.165, 1.54) is 24.9 Å². The third-order valence-electron chi connectivity index (χ3n) is 4.00.